The molecule has 1 aliphatic heterocycles. The van der Waals surface area contributed by atoms with Gasteiger partial charge in [0.15, 0.2) is 0 Å². The van der Waals surface area contributed by atoms with E-state index in [0.29, 0.717) is 11.7 Å². The highest BCUT2D eigenvalue weighted by Gasteiger charge is 2.48. The number of ketones is 1. The lowest BCUT2D eigenvalue weighted by Crippen LogP contribution is -2.43. The number of hydrogen-bond acceptors (Lipinski definition) is 3. The molecule has 2 aliphatic carbocycles. The Labute approximate surface area is 136 Å². The second kappa shape index (κ2) is 5.16. The van der Waals surface area contributed by atoms with Crippen LogP contribution < -0.4 is 4.74 Å². The average Bonchev–Trinajstić information content (AvgIpc) is 2.55. The van der Waals surface area contributed by atoms with E-state index in [2.05, 4.69) is 25.1 Å². The van der Waals surface area contributed by atoms with E-state index in [0.717, 1.165) is 37.2 Å². The maximum Gasteiger partial charge on any atom is 0.139 e. The van der Waals surface area contributed by atoms with Crippen LogP contribution in [0.1, 0.15) is 44.6 Å². The van der Waals surface area contributed by atoms with Crippen LogP contribution in [0, 0.1) is 11.3 Å². The number of benzene rings is 1. The molecule has 116 valence electrons. The average molecular weight is 314 g/mol. The molecule has 1 saturated carbocycles. The molecule has 0 saturated heterocycles. The number of ether oxygens (including phenoxy) is 1. The van der Waals surface area contributed by atoms with Crippen molar-refractivity contribution in [2.45, 2.75) is 43.9 Å². The lowest BCUT2D eigenvalue weighted by Gasteiger charge is -2.47. The second-order valence-electron chi connectivity index (χ2n) is 6.94. The number of hydrogen-bond donors (Lipinski definition) is 0. The number of rotatable bonds is 1. The van der Waals surface area contributed by atoms with Gasteiger partial charge >= 0.3 is 0 Å². The van der Waals surface area contributed by atoms with Crippen molar-refractivity contribution in [1.82, 2.24) is 0 Å². The van der Waals surface area contributed by atoms with Crippen LogP contribution in [0.15, 0.2) is 28.7 Å². The summed E-state index contributed by atoms with van der Waals surface area (Å²) < 4.78 is 5.36. The van der Waals surface area contributed by atoms with Gasteiger partial charge in [0.1, 0.15) is 11.5 Å². The molecule has 1 heterocycles. The monoisotopic (exact) mass is 314 g/mol. The Hall–Kier alpha value is -1.22. The Balaban J connectivity index is 1.80. The summed E-state index contributed by atoms with van der Waals surface area (Å²) in [6, 6.07) is 6.43. The minimum absolute atomic E-state index is 0.0956. The molecule has 1 aromatic carbocycles. The van der Waals surface area contributed by atoms with Gasteiger partial charge in [-0.1, -0.05) is 12.5 Å². The fraction of sp³-hybridized carbons (Fsp3) is 0.526. The third-order valence-electron chi connectivity index (χ3n) is 5.90. The predicted molar refractivity (Wildman–Crippen MR) is 90.3 cm³/mol. The number of allylic oxidation sites excluding steroid dienone is 1. The zero-order valence-corrected chi connectivity index (χ0v) is 14.1. The molecule has 0 bridgehead atoms. The number of fused-ring (bicyclic) bond motifs is 4. The van der Waals surface area contributed by atoms with Gasteiger partial charge < -0.3 is 4.74 Å². The molecule has 22 heavy (non-hydrogen) atoms. The maximum atomic E-state index is 12.5. The first-order valence-electron chi connectivity index (χ1n) is 8.20. The first-order valence-corrected chi connectivity index (χ1v) is 9.18. The van der Waals surface area contributed by atoms with E-state index < -0.39 is 0 Å². The van der Waals surface area contributed by atoms with Crippen LogP contribution in [0.25, 0.3) is 5.57 Å². The van der Waals surface area contributed by atoms with E-state index in [1.807, 2.05) is 11.8 Å². The molecule has 2 unspecified atom stereocenters. The molecule has 0 aromatic heterocycles. The second-order valence-corrected chi connectivity index (χ2v) is 7.96. The van der Waals surface area contributed by atoms with E-state index in [1.165, 1.54) is 22.5 Å². The van der Waals surface area contributed by atoms with Gasteiger partial charge in [-0.15, -0.1) is 11.8 Å². The third-order valence-corrected chi connectivity index (χ3v) is 7.01. The summed E-state index contributed by atoms with van der Waals surface area (Å²) in [6.45, 7) is 2.22. The zero-order chi connectivity index (χ0) is 15.3. The van der Waals surface area contributed by atoms with Gasteiger partial charge in [0.25, 0.3) is 0 Å². The smallest absolute Gasteiger partial charge is 0.139 e. The molecule has 3 aliphatic rings. The zero-order valence-electron chi connectivity index (χ0n) is 13.3. The van der Waals surface area contributed by atoms with Crippen molar-refractivity contribution in [2.24, 2.45) is 11.3 Å². The van der Waals surface area contributed by atoms with Crippen molar-refractivity contribution in [3.8, 4) is 5.75 Å². The van der Waals surface area contributed by atoms with Crippen LogP contribution in [0.5, 0.6) is 5.75 Å². The summed E-state index contributed by atoms with van der Waals surface area (Å²) in [5, 5.41) is 0. The van der Waals surface area contributed by atoms with Crippen molar-refractivity contribution in [3.63, 3.8) is 0 Å². The summed E-state index contributed by atoms with van der Waals surface area (Å²) in [7, 11) is 1.72. The molecule has 0 radical (unpaired) electrons. The van der Waals surface area contributed by atoms with Gasteiger partial charge in [-0.05, 0) is 60.9 Å². The first kappa shape index (κ1) is 14.4. The number of methoxy groups -OCH3 is 1. The van der Waals surface area contributed by atoms with E-state index in [9.17, 15) is 4.79 Å². The van der Waals surface area contributed by atoms with Crippen LogP contribution in [0.2, 0.25) is 0 Å². The Kier molecular flexibility index (Phi) is 3.37. The Morgan fingerprint density at radius 2 is 2.18 bits per heavy atom. The normalized spacial score (nSPS) is 30.5. The number of thioether (sulfide) groups is 1. The molecule has 2 atom stereocenters. The van der Waals surface area contributed by atoms with Crippen LogP contribution in [0.4, 0.5) is 0 Å². The Morgan fingerprint density at radius 1 is 1.32 bits per heavy atom. The van der Waals surface area contributed by atoms with Crippen LogP contribution in [0.3, 0.4) is 0 Å². The van der Waals surface area contributed by atoms with Gasteiger partial charge in [0.2, 0.25) is 0 Å². The number of carbonyl (C=O) groups is 1. The Morgan fingerprint density at radius 3 is 3.00 bits per heavy atom. The minimum Gasteiger partial charge on any atom is -0.497 e. The van der Waals surface area contributed by atoms with Gasteiger partial charge in [0.05, 0.1) is 7.11 Å². The van der Waals surface area contributed by atoms with Gasteiger partial charge in [-0.25, -0.2) is 0 Å². The summed E-state index contributed by atoms with van der Waals surface area (Å²) in [5.74, 6) is 2.95. The quantitative estimate of drug-likeness (QED) is 0.750. The van der Waals surface area contributed by atoms with Gasteiger partial charge in [0, 0.05) is 22.5 Å². The van der Waals surface area contributed by atoms with E-state index in [-0.39, 0.29) is 5.41 Å². The minimum atomic E-state index is -0.0956. The largest absolute Gasteiger partial charge is 0.497 e. The van der Waals surface area contributed by atoms with E-state index in [4.69, 9.17) is 4.74 Å². The molecule has 0 spiro atoms. The summed E-state index contributed by atoms with van der Waals surface area (Å²) in [4.78, 5) is 13.8. The van der Waals surface area contributed by atoms with Crippen molar-refractivity contribution in [2.75, 3.05) is 12.9 Å². The highest BCUT2D eigenvalue weighted by Crippen LogP contribution is 2.56. The van der Waals surface area contributed by atoms with Crippen LogP contribution in [-0.2, 0) is 4.79 Å². The molecule has 2 nitrogen and oxygen atoms in total. The number of carbonyl (C=O) groups excluding carboxylic acids is 1. The first-order chi connectivity index (χ1) is 10.6. The molecular weight excluding hydrogens is 292 g/mol. The summed E-state index contributed by atoms with van der Waals surface area (Å²) in [5.41, 5.74) is 4.37. The van der Waals surface area contributed by atoms with Gasteiger partial charge in [-0.3, -0.25) is 4.79 Å². The van der Waals surface area contributed by atoms with Crippen molar-refractivity contribution in [1.29, 1.82) is 0 Å². The molecular formula is C19H22O2S. The fourth-order valence-corrected chi connectivity index (χ4v) is 5.78. The molecule has 3 heteroatoms. The predicted octanol–water partition coefficient (Wildman–Crippen LogP) is 4.72. The van der Waals surface area contributed by atoms with Gasteiger partial charge in [-0.2, -0.15) is 0 Å². The molecule has 4 rings (SSSR count). The topological polar surface area (TPSA) is 26.3 Å². The fourth-order valence-electron chi connectivity index (χ4n) is 4.54. The molecule has 1 fully saturated rings. The molecule has 0 N–H and O–H groups in total. The standard InChI is InChI=1S/C19H22O2S/c1-19-9-8-13-14-7-6-12(21-2)10-17(14)22-11-15(13)16(19)4-3-5-18(19)20/h6-7,10,16H,3-5,8-9,11H2,1-2H3. The molecule has 0 amide bonds. The highest BCUT2D eigenvalue weighted by molar-refractivity contribution is 7.99. The van der Waals surface area contributed by atoms with Crippen molar-refractivity contribution in [3.05, 3.63) is 29.3 Å². The van der Waals surface area contributed by atoms with E-state index in [1.54, 1.807) is 12.7 Å². The maximum absolute atomic E-state index is 12.5. The van der Waals surface area contributed by atoms with Crippen molar-refractivity contribution >= 4 is 23.1 Å². The lowest BCUT2D eigenvalue weighted by atomic mass is 9.58. The number of Topliss-reactive ketones (excluding diaryl/α,β-unsaturated/α-hetero) is 1. The Bertz CT molecular complexity index is 676. The highest BCUT2D eigenvalue weighted by atomic mass is 32.2. The third kappa shape index (κ3) is 1.98. The lowest BCUT2D eigenvalue weighted by molar-refractivity contribution is -0.133. The summed E-state index contributed by atoms with van der Waals surface area (Å²) in [6.07, 6.45) is 5.11. The summed E-state index contributed by atoms with van der Waals surface area (Å²) >= 11 is 1.91. The van der Waals surface area contributed by atoms with Crippen molar-refractivity contribution < 1.29 is 9.53 Å². The van der Waals surface area contributed by atoms with Crippen LogP contribution >= 0.6 is 11.8 Å². The van der Waals surface area contributed by atoms with Crippen LogP contribution in [-0.4, -0.2) is 18.6 Å². The SMILES string of the molecule is COc1ccc2c(c1)SCC1=C2CCC2(C)C(=O)CCCC12. The van der Waals surface area contributed by atoms with E-state index >= 15 is 0 Å². The molecule has 1 aromatic rings.